The maximum Gasteiger partial charge on any atom is 0.258 e. The third kappa shape index (κ3) is 3.90. The summed E-state index contributed by atoms with van der Waals surface area (Å²) in [6, 6.07) is 12.2. The summed E-state index contributed by atoms with van der Waals surface area (Å²) < 4.78 is 5.79. The Morgan fingerprint density at radius 2 is 2.00 bits per heavy atom. The smallest absolute Gasteiger partial charge is 0.258 e. The van der Waals surface area contributed by atoms with Gasteiger partial charge in [-0.3, -0.25) is 4.79 Å². The Kier molecular flexibility index (Phi) is 5.36. The molecule has 0 bridgehead atoms. The molecule has 1 N–H and O–H groups in total. The summed E-state index contributed by atoms with van der Waals surface area (Å²) in [5, 5.41) is 7.84. The van der Waals surface area contributed by atoms with Crippen molar-refractivity contribution in [1.29, 1.82) is 0 Å². The molecule has 0 aliphatic rings. The lowest BCUT2D eigenvalue weighted by atomic mass is 10.0. The van der Waals surface area contributed by atoms with Crippen LogP contribution in [0.4, 0.5) is 0 Å². The SMILES string of the molecule is Cc1ccc(-c2csc3ncnc(OCC(=O)NC(C)c4cccs4)c23)cc1. The predicted molar refractivity (Wildman–Crippen MR) is 114 cm³/mol. The normalized spacial score (nSPS) is 12.1. The molecule has 0 aliphatic carbocycles. The zero-order valence-corrected chi connectivity index (χ0v) is 17.1. The molecule has 0 spiro atoms. The summed E-state index contributed by atoms with van der Waals surface area (Å²) in [6.45, 7) is 3.93. The van der Waals surface area contributed by atoms with Gasteiger partial charge in [-0.1, -0.05) is 35.9 Å². The largest absolute Gasteiger partial charge is 0.467 e. The van der Waals surface area contributed by atoms with Crippen molar-refractivity contribution in [1.82, 2.24) is 15.3 Å². The number of amides is 1. The summed E-state index contributed by atoms with van der Waals surface area (Å²) in [5.74, 6) is 0.250. The maximum atomic E-state index is 12.3. The molecule has 1 unspecified atom stereocenters. The van der Waals surface area contributed by atoms with E-state index in [1.165, 1.54) is 11.9 Å². The molecule has 1 aromatic carbocycles. The lowest BCUT2D eigenvalue weighted by molar-refractivity contribution is -0.123. The number of nitrogens with one attached hydrogen (secondary N) is 1. The Balaban J connectivity index is 1.53. The Morgan fingerprint density at radius 3 is 2.75 bits per heavy atom. The summed E-state index contributed by atoms with van der Waals surface area (Å²) in [7, 11) is 0. The van der Waals surface area contributed by atoms with Gasteiger partial charge in [0.1, 0.15) is 11.2 Å². The van der Waals surface area contributed by atoms with Crippen LogP contribution in [-0.2, 0) is 4.79 Å². The van der Waals surface area contributed by atoms with E-state index in [9.17, 15) is 4.79 Å². The topological polar surface area (TPSA) is 64.1 Å². The van der Waals surface area contributed by atoms with Gasteiger partial charge in [-0.15, -0.1) is 22.7 Å². The second-order valence-corrected chi connectivity index (χ2v) is 8.31. The number of hydrogen-bond donors (Lipinski definition) is 1. The molecule has 0 saturated carbocycles. The number of aryl methyl sites for hydroxylation is 1. The fourth-order valence-electron chi connectivity index (χ4n) is 2.93. The first kappa shape index (κ1) is 18.6. The first-order chi connectivity index (χ1) is 13.6. The summed E-state index contributed by atoms with van der Waals surface area (Å²) in [4.78, 5) is 22.9. The van der Waals surface area contributed by atoms with Crippen LogP contribution in [0, 0.1) is 6.92 Å². The van der Waals surface area contributed by atoms with Crippen LogP contribution in [0.3, 0.4) is 0 Å². The van der Waals surface area contributed by atoms with Crippen molar-refractivity contribution in [3.8, 4) is 17.0 Å². The molecule has 1 amide bonds. The number of benzene rings is 1. The van der Waals surface area contributed by atoms with E-state index in [2.05, 4.69) is 51.9 Å². The van der Waals surface area contributed by atoms with Crippen LogP contribution in [0.5, 0.6) is 5.88 Å². The molecule has 3 aromatic heterocycles. The number of aromatic nitrogens is 2. The van der Waals surface area contributed by atoms with Crippen LogP contribution in [-0.4, -0.2) is 22.5 Å². The van der Waals surface area contributed by atoms with Gasteiger partial charge < -0.3 is 10.1 Å². The third-order valence-corrected chi connectivity index (χ3v) is 6.33. The monoisotopic (exact) mass is 409 g/mol. The van der Waals surface area contributed by atoms with E-state index in [-0.39, 0.29) is 18.6 Å². The fraction of sp³-hybridized carbons (Fsp3) is 0.190. The number of hydrogen-bond acceptors (Lipinski definition) is 6. The highest BCUT2D eigenvalue weighted by atomic mass is 32.1. The zero-order chi connectivity index (χ0) is 19.5. The number of ether oxygens (including phenoxy) is 1. The molecule has 5 nitrogen and oxygen atoms in total. The first-order valence-electron chi connectivity index (χ1n) is 8.86. The standard InChI is InChI=1S/C21H19N3O2S2/c1-13-5-7-15(8-6-13)16-11-28-21-19(16)20(22-12-23-21)26-10-18(25)24-14(2)17-4-3-9-27-17/h3-9,11-12,14H,10H2,1-2H3,(H,24,25). The highest BCUT2D eigenvalue weighted by Crippen LogP contribution is 2.37. The van der Waals surface area contributed by atoms with Crippen LogP contribution >= 0.6 is 22.7 Å². The fourth-order valence-corrected chi connectivity index (χ4v) is 4.57. The van der Waals surface area contributed by atoms with Gasteiger partial charge in [0.25, 0.3) is 5.91 Å². The average molecular weight is 410 g/mol. The van der Waals surface area contributed by atoms with Crippen LogP contribution in [0.15, 0.2) is 53.5 Å². The number of carbonyl (C=O) groups excluding carboxylic acids is 1. The Hall–Kier alpha value is -2.77. The molecule has 4 aromatic rings. The molecule has 0 aliphatic heterocycles. The lowest BCUT2D eigenvalue weighted by Crippen LogP contribution is -2.31. The minimum atomic E-state index is -0.181. The number of thiophene rings is 2. The highest BCUT2D eigenvalue weighted by molar-refractivity contribution is 7.17. The van der Waals surface area contributed by atoms with E-state index >= 15 is 0 Å². The van der Waals surface area contributed by atoms with E-state index in [0.717, 1.165) is 26.2 Å². The molecular weight excluding hydrogens is 390 g/mol. The molecule has 4 rings (SSSR count). The van der Waals surface area contributed by atoms with Crippen LogP contribution in [0.1, 0.15) is 23.4 Å². The van der Waals surface area contributed by atoms with E-state index in [1.807, 2.05) is 24.4 Å². The third-order valence-electron chi connectivity index (χ3n) is 4.39. The Labute approximate surface area is 171 Å². The quantitative estimate of drug-likeness (QED) is 0.488. The van der Waals surface area contributed by atoms with Crippen LogP contribution < -0.4 is 10.1 Å². The van der Waals surface area contributed by atoms with Gasteiger partial charge in [-0.25, -0.2) is 9.97 Å². The van der Waals surface area contributed by atoms with Crippen molar-refractivity contribution in [3.63, 3.8) is 0 Å². The van der Waals surface area contributed by atoms with Gasteiger partial charge in [-0.2, -0.15) is 0 Å². The van der Waals surface area contributed by atoms with Gasteiger partial charge in [-0.05, 0) is 30.9 Å². The molecule has 0 radical (unpaired) electrons. The van der Waals surface area contributed by atoms with Crippen LogP contribution in [0.25, 0.3) is 21.3 Å². The van der Waals surface area contributed by atoms with Crippen molar-refractivity contribution in [3.05, 3.63) is 63.9 Å². The molecule has 0 saturated heterocycles. The first-order valence-corrected chi connectivity index (χ1v) is 10.6. The Morgan fingerprint density at radius 1 is 1.18 bits per heavy atom. The molecule has 1 atom stereocenters. The van der Waals surface area contributed by atoms with Gasteiger partial charge in [0.15, 0.2) is 6.61 Å². The van der Waals surface area contributed by atoms with Gasteiger partial charge in [0.2, 0.25) is 5.88 Å². The molecule has 0 fully saturated rings. The highest BCUT2D eigenvalue weighted by Gasteiger charge is 2.16. The second kappa shape index (κ2) is 8.08. The minimum Gasteiger partial charge on any atom is -0.467 e. The molecule has 142 valence electrons. The van der Waals surface area contributed by atoms with E-state index in [0.29, 0.717) is 5.88 Å². The van der Waals surface area contributed by atoms with E-state index < -0.39 is 0 Å². The minimum absolute atomic E-state index is 0.0502. The number of carbonyl (C=O) groups is 1. The second-order valence-electron chi connectivity index (χ2n) is 6.47. The lowest BCUT2D eigenvalue weighted by Gasteiger charge is -2.13. The van der Waals surface area contributed by atoms with Gasteiger partial charge >= 0.3 is 0 Å². The van der Waals surface area contributed by atoms with Crippen molar-refractivity contribution < 1.29 is 9.53 Å². The van der Waals surface area contributed by atoms with Crippen molar-refractivity contribution in [2.75, 3.05) is 6.61 Å². The molecule has 7 heteroatoms. The van der Waals surface area contributed by atoms with Crippen LogP contribution in [0.2, 0.25) is 0 Å². The van der Waals surface area contributed by atoms with Crippen molar-refractivity contribution in [2.24, 2.45) is 0 Å². The predicted octanol–water partition coefficient (Wildman–Crippen LogP) is 4.98. The average Bonchev–Trinajstić information content (AvgIpc) is 3.37. The summed E-state index contributed by atoms with van der Waals surface area (Å²) >= 11 is 3.16. The van der Waals surface area contributed by atoms with Gasteiger partial charge in [0.05, 0.1) is 11.4 Å². The summed E-state index contributed by atoms with van der Waals surface area (Å²) in [6.07, 6.45) is 1.47. The number of rotatable bonds is 6. The summed E-state index contributed by atoms with van der Waals surface area (Å²) in [5.41, 5.74) is 3.29. The number of nitrogens with zero attached hydrogens (tertiary/aromatic N) is 2. The van der Waals surface area contributed by atoms with E-state index in [1.54, 1.807) is 22.7 Å². The maximum absolute atomic E-state index is 12.3. The van der Waals surface area contributed by atoms with Gasteiger partial charge in [0, 0.05) is 15.8 Å². The zero-order valence-electron chi connectivity index (χ0n) is 15.5. The van der Waals surface area contributed by atoms with Crippen molar-refractivity contribution >= 4 is 38.8 Å². The number of fused-ring (bicyclic) bond motifs is 1. The Bertz CT molecular complexity index is 1090. The molecular formula is C21H19N3O2S2. The molecule has 28 heavy (non-hydrogen) atoms. The van der Waals surface area contributed by atoms with Crippen molar-refractivity contribution in [2.45, 2.75) is 19.9 Å². The molecule has 3 heterocycles. The van der Waals surface area contributed by atoms with E-state index in [4.69, 9.17) is 4.74 Å².